The summed E-state index contributed by atoms with van der Waals surface area (Å²) < 4.78 is 0. The molecule has 112 valence electrons. The fraction of sp³-hybridized carbons (Fsp3) is 0.412. The maximum absolute atomic E-state index is 4.61. The molecule has 0 saturated carbocycles. The van der Waals surface area contributed by atoms with Crippen molar-refractivity contribution in [3.05, 3.63) is 53.6 Å². The molecule has 0 spiro atoms. The largest absolute Gasteiger partial charge is 0.311 e. The van der Waals surface area contributed by atoms with Crippen LogP contribution in [0.15, 0.2) is 41.4 Å². The van der Waals surface area contributed by atoms with Crippen LogP contribution in [0.25, 0.3) is 0 Å². The molecule has 0 unspecified atom stereocenters. The SMILES string of the molecule is Cc1cccc(SCc2nccc(CNCC(C)C)n2)c1. The molecule has 0 aliphatic carbocycles. The van der Waals surface area contributed by atoms with Gasteiger partial charge in [-0.05, 0) is 37.6 Å². The Morgan fingerprint density at radius 3 is 2.86 bits per heavy atom. The highest BCUT2D eigenvalue weighted by molar-refractivity contribution is 7.98. The van der Waals surface area contributed by atoms with Gasteiger partial charge in [0.25, 0.3) is 0 Å². The first kappa shape index (κ1) is 16.0. The second-order valence-corrected chi connectivity index (χ2v) is 6.64. The van der Waals surface area contributed by atoms with Crippen molar-refractivity contribution in [2.75, 3.05) is 6.54 Å². The van der Waals surface area contributed by atoms with Crippen LogP contribution in [0.4, 0.5) is 0 Å². The molecule has 1 heterocycles. The number of nitrogens with one attached hydrogen (secondary N) is 1. The molecule has 1 aromatic heterocycles. The lowest BCUT2D eigenvalue weighted by Crippen LogP contribution is -2.19. The summed E-state index contributed by atoms with van der Waals surface area (Å²) in [6, 6.07) is 10.5. The van der Waals surface area contributed by atoms with Gasteiger partial charge in [0.15, 0.2) is 0 Å². The molecule has 0 saturated heterocycles. The van der Waals surface area contributed by atoms with Gasteiger partial charge < -0.3 is 5.32 Å². The quantitative estimate of drug-likeness (QED) is 0.789. The minimum absolute atomic E-state index is 0.656. The van der Waals surface area contributed by atoms with Crippen LogP contribution in [-0.4, -0.2) is 16.5 Å². The highest BCUT2D eigenvalue weighted by Gasteiger charge is 2.02. The number of hydrogen-bond donors (Lipinski definition) is 1. The van der Waals surface area contributed by atoms with Gasteiger partial charge in [0.1, 0.15) is 5.82 Å². The van der Waals surface area contributed by atoms with Crippen molar-refractivity contribution < 1.29 is 0 Å². The smallest absolute Gasteiger partial charge is 0.138 e. The Balaban J connectivity index is 1.88. The summed E-state index contributed by atoms with van der Waals surface area (Å²) in [7, 11) is 0. The third-order valence-corrected chi connectivity index (χ3v) is 3.97. The van der Waals surface area contributed by atoms with E-state index in [1.807, 2.05) is 12.3 Å². The van der Waals surface area contributed by atoms with E-state index in [1.54, 1.807) is 11.8 Å². The summed E-state index contributed by atoms with van der Waals surface area (Å²) in [4.78, 5) is 10.2. The van der Waals surface area contributed by atoms with Gasteiger partial charge in [0, 0.05) is 17.6 Å². The molecule has 0 aliphatic rings. The highest BCUT2D eigenvalue weighted by atomic mass is 32.2. The molecule has 0 amide bonds. The van der Waals surface area contributed by atoms with Crippen molar-refractivity contribution in [3.8, 4) is 0 Å². The molecule has 1 aromatic carbocycles. The average Bonchev–Trinajstić information content (AvgIpc) is 2.45. The summed E-state index contributed by atoms with van der Waals surface area (Å²) in [6.07, 6.45) is 1.85. The fourth-order valence-corrected chi connectivity index (χ4v) is 2.83. The maximum atomic E-state index is 4.61. The van der Waals surface area contributed by atoms with E-state index in [-0.39, 0.29) is 0 Å². The zero-order valence-electron chi connectivity index (χ0n) is 13.0. The van der Waals surface area contributed by atoms with Crippen molar-refractivity contribution in [1.82, 2.24) is 15.3 Å². The van der Waals surface area contributed by atoms with E-state index in [1.165, 1.54) is 10.5 Å². The average molecular weight is 301 g/mol. The first-order valence-corrected chi connectivity index (χ1v) is 8.33. The second kappa shape index (κ2) is 8.15. The minimum Gasteiger partial charge on any atom is -0.311 e. The number of rotatable bonds is 7. The topological polar surface area (TPSA) is 37.8 Å². The molecule has 0 fully saturated rings. The Labute approximate surface area is 131 Å². The minimum atomic E-state index is 0.656. The number of aryl methyl sites for hydroxylation is 1. The Kier molecular flexibility index (Phi) is 6.21. The van der Waals surface area contributed by atoms with Crippen LogP contribution >= 0.6 is 11.8 Å². The number of thioether (sulfide) groups is 1. The van der Waals surface area contributed by atoms with Crippen LogP contribution in [0.1, 0.15) is 30.9 Å². The molecular formula is C17H23N3S. The summed E-state index contributed by atoms with van der Waals surface area (Å²) in [6.45, 7) is 8.34. The molecule has 3 nitrogen and oxygen atoms in total. The van der Waals surface area contributed by atoms with Gasteiger partial charge in [-0.2, -0.15) is 0 Å². The second-order valence-electron chi connectivity index (χ2n) is 5.59. The molecule has 4 heteroatoms. The number of hydrogen-bond acceptors (Lipinski definition) is 4. The fourth-order valence-electron chi connectivity index (χ4n) is 1.95. The third kappa shape index (κ3) is 5.86. The van der Waals surface area contributed by atoms with Crippen molar-refractivity contribution in [1.29, 1.82) is 0 Å². The molecule has 0 aliphatic heterocycles. The summed E-state index contributed by atoms with van der Waals surface area (Å²) in [5.41, 5.74) is 2.35. The zero-order chi connectivity index (χ0) is 15.1. The van der Waals surface area contributed by atoms with E-state index in [4.69, 9.17) is 0 Å². The highest BCUT2D eigenvalue weighted by Crippen LogP contribution is 2.21. The summed E-state index contributed by atoms with van der Waals surface area (Å²) in [5, 5.41) is 3.41. The predicted molar refractivity (Wildman–Crippen MR) is 89.3 cm³/mol. The van der Waals surface area contributed by atoms with Crippen LogP contribution in [0.5, 0.6) is 0 Å². The van der Waals surface area contributed by atoms with Crippen LogP contribution < -0.4 is 5.32 Å². The molecule has 2 aromatic rings. The molecule has 21 heavy (non-hydrogen) atoms. The van der Waals surface area contributed by atoms with Gasteiger partial charge in [0.2, 0.25) is 0 Å². The summed E-state index contributed by atoms with van der Waals surface area (Å²) in [5.74, 6) is 2.36. The van der Waals surface area contributed by atoms with Crippen molar-refractivity contribution in [3.63, 3.8) is 0 Å². The van der Waals surface area contributed by atoms with Gasteiger partial charge in [-0.15, -0.1) is 11.8 Å². The van der Waals surface area contributed by atoms with E-state index in [2.05, 4.69) is 60.3 Å². The Morgan fingerprint density at radius 1 is 1.24 bits per heavy atom. The van der Waals surface area contributed by atoms with Gasteiger partial charge in [-0.3, -0.25) is 0 Å². The molecule has 0 bridgehead atoms. The Bertz CT molecular complexity index is 569. The number of benzene rings is 1. The van der Waals surface area contributed by atoms with E-state index in [9.17, 15) is 0 Å². The van der Waals surface area contributed by atoms with Gasteiger partial charge >= 0.3 is 0 Å². The van der Waals surface area contributed by atoms with Gasteiger partial charge in [0.05, 0.1) is 11.4 Å². The van der Waals surface area contributed by atoms with Crippen LogP contribution in [0.3, 0.4) is 0 Å². The standard InChI is InChI=1S/C17H23N3S/c1-13(2)10-18-11-15-7-8-19-17(20-15)12-21-16-6-4-5-14(3)9-16/h4-9,13,18H,10-12H2,1-3H3. The molecular weight excluding hydrogens is 278 g/mol. The van der Waals surface area contributed by atoms with Crippen molar-refractivity contribution >= 4 is 11.8 Å². The maximum Gasteiger partial charge on any atom is 0.138 e. The summed E-state index contributed by atoms with van der Waals surface area (Å²) >= 11 is 1.78. The van der Waals surface area contributed by atoms with Gasteiger partial charge in [-0.1, -0.05) is 31.5 Å². The Hall–Kier alpha value is -1.39. The number of nitrogens with zero attached hydrogens (tertiary/aromatic N) is 2. The van der Waals surface area contributed by atoms with Crippen molar-refractivity contribution in [2.24, 2.45) is 5.92 Å². The predicted octanol–water partition coefficient (Wildman–Crippen LogP) is 3.82. The Morgan fingerprint density at radius 2 is 2.10 bits per heavy atom. The molecule has 0 radical (unpaired) electrons. The molecule has 0 atom stereocenters. The lowest BCUT2D eigenvalue weighted by Gasteiger charge is -2.08. The lowest BCUT2D eigenvalue weighted by atomic mass is 10.2. The van der Waals surface area contributed by atoms with E-state index < -0.39 is 0 Å². The van der Waals surface area contributed by atoms with E-state index in [0.717, 1.165) is 30.4 Å². The third-order valence-electron chi connectivity index (χ3n) is 2.98. The van der Waals surface area contributed by atoms with Crippen LogP contribution in [0, 0.1) is 12.8 Å². The first-order chi connectivity index (χ1) is 10.1. The van der Waals surface area contributed by atoms with Crippen molar-refractivity contribution in [2.45, 2.75) is 38.0 Å². The van der Waals surface area contributed by atoms with Crippen LogP contribution in [-0.2, 0) is 12.3 Å². The van der Waals surface area contributed by atoms with Gasteiger partial charge in [-0.25, -0.2) is 9.97 Å². The lowest BCUT2D eigenvalue weighted by molar-refractivity contribution is 0.547. The normalized spacial score (nSPS) is 11.0. The van der Waals surface area contributed by atoms with E-state index >= 15 is 0 Å². The zero-order valence-corrected chi connectivity index (χ0v) is 13.8. The van der Waals surface area contributed by atoms with E-state index in [0.29, 0.717) is 5.92 Å². The monoisotopic (exact) mass is 301 g/mol. The first-order valence-electron chi connectivity index (χ1n) is 7.34. The number of aromatic nitrogens is 2. The molecule has 2 rings (SSSR count). The molecule has 1 N–H and O–H groups in total. The van der Waals surface area contributed by atoms with Crippen LogP contribution in [0.2, 0.25) is 0 Å².